The minimum atomic E-state index is -1.06. The Balaban J connectivity index is 0. The SMILES string of the molecule is Cc1cc(C(=O)O)ccc1C(=O)O.Cl.Cl. The summed E-state index contributed by atoms with van der Waals surface area (Å²) in [6.07, 6.45) is 0. The molecule has 0 heterocycles. The molecule has 4 nitrogen and oxygen atoms in total. The number of hydrogen-bond acceptors (Lipinski definition) is 2. The van der Waals surface area contributed by atoms with Crippen molar-refractivity contribution in [3.63, 3.8) is 0 Å². The topological polar surface area (TPSA) is 74.6 Å². The molecule has 1 aromatic carbocycles. The zero-order valence-corrected chi connectivity index (χ0v) is 9.39. The Kier molecular flexibility index (Phi) is 6.76. The lowest BCUT2D eigenvalue weighted by Crippen LogP contribution is -2.03. The average Bonchev–Trinajstić information content (AvgIpc) is 2.03. The van der Waals surface area contributed by atoms with E-state index in [1.54, 1.807) is 6.92 Å². The molecular weight excluding hydrogens is 243 g/mol. The second kappa shape index (κ2) is 6.27. The van der Waals surface area contributed by atoms with E-state index < -0.39 is 11.9 Å². The molecule has 0 bridgehead atoms. The maximum atomic E-state index is 10.6. The highest BCUT2D eigenvalue weighted by Gasteiger charge is 2.09. The third kappa shape index (κ3) is 3.77. The zero-order chi connectivity index (χ0) is 10.0. The first-order chi connectivity index (χ1) is 6.02. The molecule has 0 saturated carbocycles. The highest BCUT2D eigenvalue weighted by molar-refractivity contribution is 5.93. The van der Waals surface area contributed by atoms with Gasteiger partial charge in [0.05, 0.1) is 11.1 Å². The van der Waals surface area contributed by atoms with Gasteiger partial charge in [-0.3, -0.25) is 0 Å². The van der Waals surface area contributed by atoms with Crippen LogP contribution >= 0.6 is 24.8 Å². The molecule has 0 amide bonds. The number of benzene rings is 1. The lowest BCUT2D eigenvalue weighted by atomic mass is 10.1. The Labute approximate surface area is 98.7 Å². The van der Waals surface area contributed by atoms with Crippen LogP contribution in [-0.4, -0.2) is 22.2 Å². The molecule has 0 saturated heterocycles. The summed E-state index contributed by atoms with van der Waals surface area (Å²) >= 11 is 0. The van der Waals surface area contributed by atoms with Gasteiger partial charge in [0.25, 0.3) is 0 Å². The fourth-order valence-electron chi connectivity index (χ4n) is 1.04. The smallest absolute Gasteiger partial charge is 0.335 e. The minimum absolute atomic E-state index is 0. The van der Waals surface area contributed by atoms with Gasteiger partial charge in [-0.2, -0.15) is 0 Å². The third-order valence-electron chi connectivity index (χ3n) is 1.70. The van der Waals surface area contributed by atoms with Crippen molar-refractivity contribution in [2.75, 3.05) is 0 Å². The Morgan fingerprint density at radius 1 is 1.07 bits per heavy atom. The van der Waals surface area contributed by atoms with Crippen molar-refractivity contribution in [2.24, 2.45) is 0 Å². The summed E-state index contributed by atoms with van der Waals surface area (Å²) < 4.78 is 0. The first kappa shape index (κ1) is 16.2. The third-order valence-corrected chi connectivity index (χ3v) is 1.70. The van der Waals surface area contributed by atoms with Crippen molar-refractivity contribution >= 4 is 36.8 Å². The molecule has 0 aliphatic rings. The summed E-state index contributed by atoms with van der Waals surface area (Å²) in [7, 11) is 0. The molecule has 1 rings (SSSR count). The minimum Gasteiger partial charge on any atom is -0.478 e. The predicted molar refractivity (Wildman–Crippen MR) is 59.6 cm³/mol. The first-order valence-electron chi connectivity index (χ1n) is 3.59. The molecule has 84 valence electrons. The Morgan fingerprint density at radius 2 is 1.60 bits per heavy atom. The van der Waals surface area contributed by atoms with Gasteiger partial charge in [-0.25, -0.2) is 9.59 Å². The van der Waals surface area contributed by atoms with Crippen molar-refractivity contribution in [2.45, 2.75) is 6.92 Å². The summed E-state index contributed by atoms with van der Waals surface area (Å²) in [6, 6.07) is 3.91. The number of carbonyl (C=O) groups is 2. The van der Waals surface area contributed by atoms with Crippen LogP contribution in [0.2, 0.25) is 0 Å². The highest BCUT2D eigenvalue weighted by Crippen LogP contribution is 2.10. The summed E-state index contributed by atoms with van der Waals surface area (Å²) in [5, 5.41) is 17.2. The van der Waals surface area contributed by atoms with Gasteiger partial charge in [0.2, 0.25) is 0 Å². The lowest BCUT2D eigenvalue weighted by Gasteiger charge is -2.01. The normalized spacial score (nSPS) is 8.33. The Hall–Kier alpha value is -1.26. The van der Waals surface area contributed by atoms with Gasteiger partial charge in [-0.15, -0.1) is 24.8 Å². The van der Waals surface area contributed by atoms with Crippen LogP contribution in [0.15, 0.2) is 18.2 Å². The number of aryl methyl sites for hydroxylation is 1. The van der Waals surface area contributed by atoms with E-state index >= 15 is 0 Å². The molecule has 0 aromatic heterocycles. The van der Waals surface area contributed by atoms with E-state index in [-0.39, 0.29) is 35.9 Å². The largest absolute Gasteiger partial charge is 0.478 e. The average molecular weight is 253 g/mol. The van der Waals surface area contributed by atoms with Crippen LogP contribution in [0, 0.1) is 6.92 Å². The highest BCUT2D eigenvalue weighted by atomic mass is 35.5. The molecule has 0 aliphatic heterocycles. The van der Waals surface area contributed by atoms with E-state index in [1.165, 1.54) is 18.2 Å². The number of halogens is 2. The Morgan fingerprint density at radius 3 is 1.93 bits per heavy atom. The van der Waals surface area contributed by atoms with Gasteiger partial charge in [0, 0.05) is 0 Å². The van der Waals surface area contributed by atoms with Crippen LogP contribution in [-0.2, 0) is 0 Å². The summed E-state index contributed by atoms with van der Waals surface area (Å²) in [5.74, 6) is -2.10. The van der Waals surface area contributed by atoms with Crippen LogP contribution < -0.4 is 0 Å². The summed E-state index contributed by atoms with van der Waals surface area (Å²) in [6.45, 7) is 1.57. The molecule has 6 heteroatoms. The van der Waals surface area contributed by atoms with Crippen LogP contribution in [0.3, 0.4) is 0 Å². The van der Waals surface area contributed by atoms with Crippen molar-refractivity contribution < 1.29 is 19.8 Å². The summed E-state index contributed by atoms with van der Waals surface area (Å²) in [5.41, 5.74) is 0.680. The quantitative estimate of drug-likeness (QED) is 0.847. The lowest BCUT2D eigenvalue weighted by molar-refractivity contribution is 0.0680. The monoisotopic (exact) mass is 252 g/mol. The van der Waals surface area contributed by atoms with Crippen molar-refractivity contribution in [3.05, 3.63) is 34.9 Å². The van der Waals surface area contributed by atoms with Crippen molar-refractivity contribution in [1.29, 1.82) is 0 Å². The van der Waals surface area contributed by atoms with E-state index in [9.17, 15) is 9.59 Å². The molecule has 15 heavy (non-hydrogen) atoms. The molecule has 0 spiro atoms. The maximum absolute atomic E-state index is 10.6. The standard InChI is InChI=1S/C9H8O4.2ClH/c1-5-4-6(8(10)11)2-3-7(5)9(12)13;;/h2-4H,1H3,(H,10,11)(H,12,13);2*1H. The number of aromatic carboxylic acids is 2. The fraction of sp³-hybridized carbons (Fsp3) is 0.111. The van der Waals surface area contributed by atoms with Crippen LogP contribution in [0.4, 0.5) is 0 Å². The maximum Gasteiger partial charge on any atom is 0.335 e. The van der Waals surface area contributed by atoms with Gasteiger partial charge in [-0.1, -0.05) is 0 Å². The molecule has 2 N–H and O–H groups in total. The Bertz CT molecular complexity index is 376. The summed E-state index contributed by atoms with van der Waals surface area (Å²) in [4.78, 5) is 21.0. The van der Waals surface area contributed by atoms with E-state index in [1.807, 2.05) is 0 Å². The zero-order valence-electron chi connectivity index (χ0n) is 7.76. The molecular formula is C9H10Cl2O4. The van der Waals surface area contributed by atoms with E-state index in [0.29, 0.717) is 5.56 Å². The van der Waals surface area contributed by atoms with E-state index in [2.05, 4.69) is 0 Å². The molecule has 0 atom stereocenters. The number of rotatable bonds is 2. The van der Waals surface area contributed by atoms with Crippen molar-refractivity contribution in [1.82, 2.24) is 0 Å². The van der Waals surface area contributed by atoms with Gasteiger partial charge in [0.15, 0.2) is 0 Å². The van der Waals surface area contributed by atoms with E-state index in [4.69, 9.17) is 10.2 Å². The second-order valence-electron chi connectivity index (χ2n) is 2.64. The van der Waals surface area contributed by atoms with Crippen LogP contribution in [0.25, 0.3) is 0 Å². The number of carboxylic acids is 2. The van der Waals surface area contributed by atoms with Gasteiger partial charge >= 0.3 is 11.9 Å². The van der Waals surface area contributed by atoms with Gasteiger partial charge in [-0.05, 0) is 30.7 Å². The number of hydrogen-bond donors (Lipinski definition) is 2. The van der Waals surface area contributed by atoms with Gasteiger partial charge in [0.1, 0.15) is 0 Å². The van der Waals surface area contributed by atoms with Crippen LogP contribution in [0.5, 0.6) is 0 Å². The second-order valence-corrected chi connectivity index (χ2v) is 2.64. The molecule has 0 fully saturated rings. The van der Waals surface area contributed by atoms with E-state index in [0.717, 1.165) is 0 Å². The molecule has 0 aliphatic carbocycles. The molecule has 1 aromatic rings. The molecule has 0 unspecified atom stereocenters. The van der Waals surface area contributed by atoms with Crippen LogP contribution in [0.1, 0.15) is 26.3 Å². The van der Waals surface area contributed by atoms with Crippen molar-refractivity contribution in [3.8, 4) is 0 Å². The first-order valence-corrected chi connectivity index (χ1v) is 3.59. The van der Waals surface area contributed by atoms with Gasteiger partial charge < -0.3 is 10.2 Å². The predicted octanol–water partition coefficient (Wildman–Crippen LogP) is 2.24. The fourth-order valence-corrected chi connectivity index (χ4v) is 1.04. The molecule has 0 radical (unpaired) electrons. The number of carboxylic acid groups (broad SMARTS) is 2.